The van der Waals surface area contributed by atoms with Crippen LogP contribution < -0.4 is 0 Å². The average molecular weight is 455 g/mol. The number of carbonyl (C=O) groups is 4. The minimum atomic E-state index is -0.831. The number of nitrogens with zero attached hydrogens (tertiary/aromatic N) is 2. The Balaban J connectivity index is 1.78. The highest BCUT2D eigenvalue weighted by molar-refractivity contribution is 8.03. The molecule has 5 atom stereocenters. The molecular formula is C21H30N2O7S. The van der Waals surface area contributed by atoms with Gasteiger partial charge in [0, 0.05) is 29.2 Å². The van der Waals surface area contributed by atoms with Gasteiger partial charge in [-0.3, -0.25) is 14.4 Å². The summed E-state index contributed by atoms with van der Waals surface area (Å²) < 4.78 is 10.2. The summed E-state index contributed by atoms with van der Waals surface area (Å²) in [6.07, 6.45) is 0.762. The van der Waals surface area contributed by atoms with E-state index in [0.717, 1.165) is 12.8 Å². The van der Waals surface area contributed by atoms with Crippen LogP contribution in [0.4, 0.5) is 0 Å². The summed E-state index contributed by atoms with van der Waals surface area (Å²) in [6.45, 7) is 9.24. The minimum Gasteiger partial charge on any atom is -0.427 e. The first-order valence-corrected chi connectivity index (χ1v) is 11.3. The first-order valence-electron chi connectivity index (χ1n) is 10.4. The highest BCUT2D eigenvalue weighted by Crippen LogP contribution is 2.52. The minimum absolute atomic E-state index is 0.1000. The van der Waals surface area contributed by atoms with Gasteiger partial charge in [-0.15, -0.1) is 11.8 Å². The van der Waals surface area contributed by atoms with E-state index in [-0.39, 0.29) is 28.8 Å². The maximum atomic E-state index is 12.9. The molecule has 0 saturated carbocycles. The molecule has 172 valence electrons. The van der Waals surface area contributed by atoms with Crippen molar-refractivity contribution in [3.8, 4) is 0 Å². The number of rotatable bonds is 7. The molecule has 1 N–H and O–H groups in total. The lowest BCUT2D eigenvalue weighted by atomic mass is 9.79. The van der Waals surface area contributed by atoms with E-state index in [1.165, 1.54) is 16.7 Å². The van der Waals surface area contributed by atoms with Crippen LogP contribution in [0.25, 0.3) is 0 Å². The van der Waals surface area contributed by atoms with Crippen molar-refractivity contribution in [3.05, 3.63) is 10.6 Å². The second kappa shape index (κ2) is 8.82. The van der Waals surface area contributed by atoms with Crippen molar-refractivity contribution in [2.45, 2.75) is 58.4 Å². The van der Waals surface area contributed by atoms with Crippen LogP contribution in [-0.2, 0) is 28.7 Å². The van der Waals surface area contributed by atoms with E-state index < -0.39 is 36.2 Å². The SMILES string of the molecule is CC(O)C1C(=O)N2C(C(=O)OCOC(=O)C(C)(C)C)=C(SC3CCN(C=O)C3)C(C)[C@H]12. The van der Waals surface area contributed by atoms with Crippen LogP contribution in [0.1, 0.15) is 41.0 Å². The Bertz CT molecular complexity index is 804. The molecule has 0 aliphatic carbocycles. The number of esters is 2. The summed E-state index contributed by atoms with van der Waals surface area (Å²) in [4.78, 5) is 52.4. The fraction of sp³-hybridized carbons (Fsp3) is 0.714. The molecule has 0 radical (unpaired) electrons. The third kappa shape index (κ3) is 4.45. The Morgan fingerprint density at radius 1 is 1.32 bits per heavy atom. The maximum Gasteiger partial charge on any atom is 0.358 e. The number of hydrogen-bond acceptors (Lipinski definition) is 8. The zero-order chi connectivity index (χ0) is 23.1. The van der Waals surface area contributed by atoms with E-state index in [9.17, 15) is 24.3 Å². The Hall–Kier alpha value is -2.07. The molecule has 3 rings (SSSR count). The van der Waals surface area contributed by atoms with Crippen LogP contribution in [0.2, 0.25) is 0 Å². The van der Waals surface area contributed by atoms with Gasteiger partial charge in [-0.2, -0.15) is 0 Å². The lowest BCUT2D eigenvalue weighted by Gasteiger charge is -2.46. The molecule has 3 heterocycles. The number of likely N-dealkylation sites (tertiary alicyclic amines) is 1. The normalized spacial score (nSPS) is 28.9. The molecule has 0 bridgehead atoms. The van der Waals surface area contributed by atoms with Gasteiger partial charge in [0.2, 0.25) is 19.1 Å². The number of hydrogen-bond donors (Lipinski definition) is 1. The van der Waals surface area contributed by atoms with Gasteiger partial charge in [-0.1, -0.05) is 6.92 Å². The van der Waals surface area contributed by atoms with E-state index in [1.807, 2.05) is 6.92 Å². The van der Waals surface area contributed by atoms with Gasteiger partial charge in [-0.05, 0) is 34.1 Å². The zero-order valence-electron chi connectivity index (χ0n) is 18.5. The second-order valence-electron chi connectivity index (χ2n) is 9.33. The fourth-order valence-corrected chi connectivity index (χ4v) is 5.71. The van der Waals surface area contributed by atoms with Crippen LogP contribution in [0.3, 0.4) is 0 Å². The van der Waals surface area contributed by atoms with Crippen molar-refractivity contribution in [2.75, 3.05) is 19.9 Å². The number of β-lactam (4-membered cyclic amide) rings is 1. The molecule has 2 amide bonds. The summed E-state index contributed by atoms with van der Waals surface area (Å²) in [7, 11) is 0. The molecule has 0 aromatic carbocycles. The third-order valence-corrected chi connectivity index (χ3v) is 7.45. The van der Waals surface area contributed by atoms with E-state index >= 15 is 0 Å². The third-order valence-electron chi connectivity index (χ3n) is 5.91. The molecule has 2 fully saturated rings. The molecule has 0 spiro atoms. The average Bonchev–Trinajstić information content (AvgIpc) is 3.22. The van der Waals surface area contributed by atoms with Gasteiger partial charge in [0.15, 0.2) is 0 Å². The summed E-state index contributed by atoms with van der Waals surface area (Å²) in [6, 6.07) is -0.321. The van der Waals surface area contributed by atoms with Crippen LogP contribution in [0.5, 0.6) is 0 Å². The highest BCUT2D eigenvalue weighted by Gasteiger charge is 2.60. The van der Waals surface area contributed by atoms with Gasteiger partial charge in [0.05, 0.1) is 23.5 Å². The van der Waals surface area contributed by atoms with Gasteiger partial charge < -0.3 is 24.4 Å². The summed E-state index contributed by atoms with van der Waals surface area (Å²) >= 11 is 1.48. The summed E-state index contributed by atoms with van der Waals surface area (Å²) in [5.74, 6) is -2.30. The van der Waals surface area contributed by atoms with E-state index in [0.29, 0.717) is 18.0 Å². The quantitative estimate of drug-likeness (QED) is 0.263. The Morgan fingerprint density at radius 3 is 2.55 bits per heavy atom. The van der Waals surface area contributed by atoms with Crippen molar-refractivity contribution in [3.63, 3.8) is 0 Å². The highest BCUT2D eigenvalue weighted by atomic mass is 32.2. The predicted octanol–water partition coefficient (Wildman–Crippen LogP) is 1.11. The van der Waals surface area contributed by atoms with E-state index in [4.69, 9.17) is 9.47 Å². The number of thioether (sulfide) groups is 1. The number of aliphatic hydroxyl groups is 1. The molecular weight excluding hydrogens is 424 g/mol. The van der Waals surface area contributed by atoms with Gasteiger partial charge in [0.25, 0.3) is 0 Å². The van der Waals surface area contributed by atoms with Crippen molar-refractivity contribution in [1.29, 1.82) is 0 Å². The lowest BCUT2D eigenvalue weighted by molar-refractivity contribution is -0.175. The molecule has 4 unspecified atom stereocenters. The molecule has 3 aliphatic heterocycles. The van der Waals surface area contributed by atoms with Crippen LogP contribution in [0, 0.1) is 17.3 Å². The van der Waals surface area contributed by atoms with Gasteiger partial charge in [-0.25, -0.2) is 4.79 Å². The van der Waals surface area contributed by atoms with Crippen LogP contribution in [-0.4, -0.2) is 76.4 Å². The van der Waals surface area contributed by atoms with Crippen molar-refractivity contribution >= 4 is 36.0 Å². The Labute approximate surface area is 186 Å². The summed E-state index contributed by atoms with van der Waals surface area (Å²) in [5.41, 5.74) is -0.578. The molecule has 0 aromatic rings. The first kappa shape index (κ1) is 23.6. The van der Waals surface area contributed by atoms with Crippen LogP contribution in [0.15, 0.2) is 10.6 Å². The number of amides is 2. The second-order valence-corrected chi connectivity index (χ2v) is 10.7. The first-order chi connectivity index (χ1) is 14.5. The smallest absolute Gasteiger partial charge is 0.358 e. The lowest BCUT2D eigenvalue weighted by Crippen LogP contribution is -2.63. The molecule has 10 heteroatoms. The van der Waals surface area contributed by atoms with E-state index in [2.05, 4.69) is 0 Å². The topological polar surface area (TPSA) is 113 Å². The fourth-order valence-electron chi connectivity index (χ4n) is 4.22. The van der Waals surface area contributed by atoms with E-state index in [1.54, 1.807) is 32.6 Å². The van der Waals surface area contributed by atoms with Crippen molar-refractivity contribution in [2.24, 2.45) is 17.3 Å². The monoisotopic (exact) mass is 454 g/mol. The number of aliphatic hydroxyl groups excluding tert-OH is 1. The Kier molecular flexibility index (Phi) is 6.71. The molecule has 2 saturated heterocycles. The Morgan fingerprint density at radius 2 is 2.00 bits per heavy atom. The largest absolute Gasteiger partial charge is 0.427 e. The number of carbonyl (C=O) groups excluding carboxylic acids is 4. The number of ether oxygens (including phenoxy) is 2. The number of fused-ring (bicyclic) bond motifs is 1. The zero-order valence-corrected chi connectivity index (χ0v) is 19.3. The van der Waals surface area contributed by atoms with Crippen molar-refractivity contribution in [1.82, 2.24) is 9.80 Å². The summed E-state index contributed by atoms with van der Waals surface area (Å²) in [5, 5.41) is 10.2. The van der Waals surface area contributed by atoms with Gasteiger partial charge in [0.1, 0.15) is 5.70 Å². The molecule has 3 aliphatic rings. The van der Waals surface area contributed by atoms with Crippen molar-refractivity contribution < 1.29 is 33.8 Å². The van der Waals surface area contributed by atoms with Crippen LogP contribution >= 0.6 is 11.8 Å². The maximum absolute atomic E-state index is 12.9. The molecule has 31 heavy (non-hydrogen) atoms. The molecule has 0 aromatic heterocycles. The van der Waals surface area contributed by atoms with Gasteiger partial charge >= 0.3 is 11.9 Å². The molecule has 9 nitrogen and oxygen atoms in total. The predicted molar refractivity (Wildman–Crippen MR) is 112 cm³/mol. The standard InChI is InChI=1S/C21H30N2O7S/c1-11-15-14(12(2)25)18(26)23(15)16(17(11)31-13-6-7-22(8-13)9-24)19(27)29-10-30-20(28)21(3,4)5/h9,11-15,25H,6-8,10H2,1-5H3/t11?,12?,13?,14?,15-/m1/s1.